The van der Waals surface area contributed by atoms with E-state index in [1.54, 1.807) is 0 Å². The zero-order valence-corrected chi connectivity index (χ0v) is 17.8. The Kier molecular flexibility index (Phi) is 12.8. The molecule has 0 amide bonds. The van der Waals surface area contributed by atoms with E-state index in [0.29, 0.717) is 10.6 Å². The molecule has 3 unspecified atom stereocenters. The number of nitrogens with one attached hydrogen (secondary N) is 1. The van der Waals surface area contributed by atoms with Crippen LogP contribution in [0.2, 0.25) is 0 Å². The molecule has 26 heavy (non-hydrogen) atoms. The molecule has 2 N–H and O–H groups in total. The maximum atomic E-state index is 10.2. The SMILES string of the molecule is CCCCCCCCC/C=C/CCCCCC1NC=C[N+]1(CC)C(C)O. The third-order valence-electron chi connectivity index (χ3n) is 5.95. The molecule has 0 aromatic carbocycles. The summed E-state index contributed by atoms with van der Waals surface area (Å²) in [6.45, 7) is 7.28. The molecule has 0 radical (unpaired) electrons. The van der Waals surface area contributed by atoms with Crippen molar-refractivity contribution in [2.75, 3.05) is 6.54 Å². The van der Waals surface area contributed by atoms with Gasteiger partial charge >= 0.3 is 0 Å². The number of aliphatic hydroxyl groups is 1. The molecule has 3 nitrogen and oxygen atoms in total. The average Bonchev–Trinajstić information content (AvgIpc) is 3.06. The van der Waals surface area contributed by atoms with Crippen molar-refractivity contribution in [2.45, 2.75) is 117 Å². The highest BCUT2D eigenvalue weighted by Gasteiger charge is 2.40. The van der Waals surface area contributed by atoms with Crippen LogP contribution in [0.1, 0.15) is 104 Å². The Hall–Kier alpha value is -0.800. The molecule has 0 aliphatic carbocycles. The van der Waals surface area contributed by atoms with Gasteiger partial charge in [0.15, 0.2) is 12.4 Å². The van der Waals surface area contributed by atoms with Crippen LogP contribution in [0.4, 0.5) is 0 Å². The van der Waals surface area contributed by atoms with Crippen LogP contribution in [-0.4, -0.2) is 28.5 Å². The summed E-state index contributed by atoms with van der Waals surface area (Å²) in [6.07, 6.45) is 26.1. The molecule has 1 rings (SSSR count). The van der Waals surface area contributed by atoms with Gasteiger partial charge < -0.3 is 10.4 Å². The van der Waals surface area contributed by atoms with Crippen LogP contribution in [0.15, 0.2) is 24.6 Å². The van der Waals surface area contributed by atoms with E-state index in [9.17, 15) is 5.11 Å². The van der Waals surface area contributed by atoms with Gasteiger partial charge in [-0.15, -0.1) is 0 Å². The van der Waals surface area contributed by atoms with Gasteiger partial charge in [0.1, 0.15) is 6.20 Å². The van der Waals surface area contributed by atoms with Crippen molar-refractivity contribution < 1.29 is 9.59 Å². The fourth-order valence-electron chi connectivity index (χ4n) is 4.07. The molecule has 0 aromatic heterocycles. The molecule has 1 aliphatic heterocycles. The van der Waals surface area contributed by atoms with Crippen LogP contribution in [-0.2, 0) is 0 Å². The van der Waals surface area contributed by atoms with Gasteiger partial charge in [0.25, 0.3) is 0 Å². The number of rotatable bonds is 16. The van der Waals surface area contributed by atoms with E-state index in [-0.39, 0.29) is 6.23 Å². The molecule has 0 fully saturated rings. The van der Waals surface area contributed by atoms with E-state index in [4.69, 9.17) is 0 Å². The van der Waals surface area contributed by atoms with Crippen molar-refractivity contribution in [3.8, 4) is 0 Å². The summed E-state index contributed by atoms with van der Waals surface area (Å²) in [7, 11) is 0. The molecule has 0 spiro atoms. The number of allylic oxidation sites excluding steroid dienone is 2. The minimum absolute atomic E-state index is 0.341. The van der Waals surface area contributed by atoms with Crippen LogP contribution >= 0.6 is 0 Å². The molecule has 1 aliphatic rings. The lowest BCUT2D eigenvalue weighted by molar-refractivity contribution is -0.942. The predicted molar refractivity (Wildman–Crippen MR) is 113 cm³/mol. The molecule has 1 heterocycles. The van der Waals surface area contributed by atoms with Crippen molar-refractivity contribution in [1.82, 2.24) is 5.32 Å². The Morgan fingerprint density at radius 1 is 0.923 bits per heavy atom. The Morgan fingerprint density at radius 3 is 2.08 bits per heavy atom. The van der Waals surface area contributed by atoms with Gasteiger partial charge in [0.2, 0.25) is 0 Å². The van der Waals surface area contributed by atoms with Crippen LogP contribution in [0, 0.1) is 0 Å². The molecule has 0 aromatic rings. The van der Waals surface area contributed by atoms with Crippen LogP contribution < -0.4 is 5.32 Å². The Bertz CT molecular complexity index is 392. The lowest BCUT2D eigenvalue weighted by atomic mass is 10.1. The molecule has 152 valence electrons. The van der Waals surface area contributed by atoms with Crippen LogP contribution in [0.5, 0.6) is 0 Å². The van der Waals surface area contributed by atoms with Crippen molar-refractivity contribution >= 4 is 0 Å². The maximum Gasteiger partial charge on any atom is 0.193 e. The zero-order valence-electron chi connectivity index (χ0n) is 17.8. The monoisotopic (exact) mass is 365 g/mol. The van der Waals surface area contributed by atoms with Gasteiger partial charge in [0, 0.05) is 13.3 Å². The average molecular weight is 366 g/mol. The number of aliphatic hydroxyl groups excluding tert-OH is 1. The van der Waals surface area contributed by atoms with Crippen molar-refractivity contribution in [3.05, 3.63) is 24.6 Å². The third kappa shape index (κ3) is 8.26. The fourth-order valence-corrected chi connectivity index (χ4v) is 4.07. The van der Waals surface area contributed by atoms with Gasteiger partial charge in [-0.3, -0.25) is 4.48 Å². The predicted octanol–water partition coefficient (Wildman–Crippen LogP) is 6.21. The number of nitrogens with zero attached hydrogens (tertiary/aromatic N) is 1. The summed E-state index contributed by atoms with van der Waals surface area (Å²) in [5.41, 5.74) is 0. The van der Waals surface area contributed by atoms with Gasteiger partial charge in [0.05, 0.1) is 12.7 Å². The molecular formula is C23H45N2O+. The first kappa shape index (κ1) is 23.2. The highest BCUT2D eigenvalue weighted by Crippen LogP contribution is 2.25. The van der Waals surface area contributed by atoms with Gasteiger partial charge in [-0.25, -0.2) is 0 Å². The highest BCUT2D eigenvalue weighted by molar-refractivity contribution is 4.85. The number of hydrogen-bond acceptors (Lipinski definition) is 2. The van der Waals surface area contributed by atoms with Gasteiger partial charge in [-0.05, 0) is 39.0 Å². The smallest absolute Gasteiger partial charge is 0.193 e. The second-order valence-electron chi connectivity index (χ2n) is 7.96. The maximum absolute atomic E-state index is 10.2. The van der Waals surface area contributed by atoms with E-state index in [2.05, 4.69) is 37.5 Å². The summed E-state index contributed by atoms with van der Waals surface area (Å²) < 4.78 is 0.665. The summed E-state index contributed by atoms with van der Waals surface area (Å²) in [4.78, 5) is 0. The summed E-state index contributed by atoms with van der Waals surface area (Å²) in [5, 5.41) is 13.6. The summed E-state index contributed by atoms with van der Waals surface area (Å²) in [5.74, 6) is 0. The third-order valence-corrected chi connectivity index (χ3v) is 5.95. The lowest BCUT2D eigenvalue weighted by Crippen LogP contribution is -2.57. The van der Waals surface area contributed by atoms with E-state index < -0.39 is 0 Å². The van der Waals surface area contributed by atoms with Gasteiger partial charge in [-0.1, -0.05) is 64.0 Å². The van der Waals surface area contributed by atoms with Crippen molar-refractivity contribution in [3.63, 3.8) is 0 Å². The fraction of sp³-hybridized carbons (Fsp3) is 0.826. The quantitative estimate of drug-likeness (QED) is 0.194. The zero-order chi connectivity index (χ0) is 19.1. The second kappa shape index (κ2) is 14.3. The van der Waals surface area contributed by atoms with Crippen LogP contribution in [0.25, 0.3) is 0 Å². The molecule has 3 heteroatoms. The molecule has 3 atom stereocenters. The van der Waals surface area contributed by atoms with E-state index in [0.717, 1.165) is 13.0 Å². The Labute approximate surface area is 163 Å². The number of hydrogen-bond donors (Lipinski definition) is 2. The first-order valence-corrected chi connectivity index (χ1v) is 11.3. The molecule has 0 saturated carbocycles. The normalized spacial score (nSPS) is 23.6. The van der Waals surface area contributed by atoms with Crippen molar-refractivity contribution in [2.24, 2.45) is 0 Å². The summed E-state index contributed by atoms with van der Waals surface area (Å²) in [6, 6.07) is 0. The number of quaternary nitrogens is 1. The van der Waals surface area contributed by atoms with E-state index >= 15 is 0 Å². The Balaban J connectivity index is 1.98. The molecule has 0 saturated heterocycles. The molecule has 0 bridgehead atoms. The minimum atomic E-state index is -0.342. The Morgan fingerprint density at radius 2 is 1.50 bits per heavy atom. The molecular weight excluding hydrogens is 320 g/mol. The standard InChI is InChI=1S/C23H45N2O/c1-4-6-7-8-9-10-11-12-13-14-15-16-17-18-19-23-24-20-21-25(23,5-2)22(3)26/h13-14,20-24,26H,4-12,15-19H2,1-3H3/q+1/b14-13+. The first-order chi connectivity index (χ1) is 12.7. The largest absolute Gasteiger partial charge is 0.345 e. The van der Waals surface area contributed by atoms with Crippen molar-refractivity contribution in [1.29, 1.82) is 0 Å². The second-order valence-corrected chi connectivity index (χ2v) is 7.96. The first-order valence-electron chi connectivity index (χ1n) is 11.3. The van der Waals surface area contributed by atoms with Gasteiger partial charge in [-0.2, -0.15) is 0 Å². The topological polar surface area (TPSA) is 32.3 Å². The number of unbranched alkanes of at least 4 members (excludes halogenated alkanes) is 10. The van der Waals surface area contributed by atoms with Crippen LogP contribution in [0.3, 0.4) is 0 Å². The summed E-state index contributed by atoms with van der Waals surface area (Å²) >= 11 is 0. The minimum Gasteiger partial charge on any atom is -0.345 e. The van der Waals surface area contributed by atoms with E-state index in [1.807, 2.05) is 13.1 Å². The highest BCUT2D eigenvalue weighted by atomic mass is 16.3. The lowest BCUT2D eigenvalue weighted by Gasteiger charge is -2.39. The van der Waals surface area contributed by atoms with E-state index in [1.165, 1.54) is 77.0 Å².